The minimum Gasteiger partial charge on any atom is -0.356 e. The van der Waals surface area contributed by atoms with E-state index in [9.17, 15) is 14.4 Å². The lowest BCUT2D eigenvalue weighted by atomic mass is 10.1. The van der Waals surface area contributed by atoms with Crippen molar-refractivity contribution < 1.29 is 9.59 Å². The highest BCUT2D eigenvalue weighted by atomic mass is 32.1. The Morgan fingerprint density at radius 3 is 2.19 bits per heavy atom. The van der Waals surface area contributed by atoms with Crippen LogP contribution in [0, 0.1) is 0 Å². The molecule has 0 spiro atoms. The Labute approximate surface area is 211 Å². The molecule has 0 radical (unpaired) electrons. The maximum absolute atomic E-state index is 13.0. The van der Waals surface area contributed by atoms with Gasteiger partial charge in [0.2, 0.25) is 11.8 Å². The second kappa shape index (κ2) is 10.1. The number of para-hydroxylation sites is 2. The van der Waals surface area contributed by atoms with Gasteiger partial charge in [-0.25, -0.2) is 4.98 Å². The molecule has 0 saturated heterocycles. The third-order valence-electron chi connectivity index (χ3n) is 5.97. The van der Waals surface area contributed by atoms with E-state index in [-0.39, 0.29) is 23.8 Å². The molecule has 7 nitrogen and oxygen atoms in total. The van der Waals surface area contributed by atoms with Crippen LogP contribution in [0.2, 0.25) is 0 Å². The Kier molecular flexibility index (Phi) is 6.60. The van der Waals surface area contributed by atoms with Gasteiger partial charge in [0, 0.05) is 35.2 Å². The summed E-state index contributed by atoms with van der Waals surface area (Å²) in [5.41, 5.74) is 4.25. The van der Waals surface area contributed by atoms with Crippen molar-refractivity contribution >= 4 is 50.1 Å². The minimum atomic E-state index is -0.219. The van der Waals surface area contributed by atoms with Crippen LogP contribution in [0.4, 0.5) is 5.13 Å². The first kappa shape index (κ1) is 23.4. The highest BCUT2D eigenvalue weighted by Gasteiger charge is 2.14. The van der Waals surface area contributed by atoms with Crippen molar-refractivity contribution in [3.8, 4) is 11.3 Å². The van der Waals surface area contributed by atoms with E-state index in [0.29, 0.717) is 22.4 Å². The number of carbonyl (C=O) groups excluding carboxylic acids is 2. The molecule has 180 valence electrons. The van der Waals surface area contributed by atoms with E-state index in [2.05, 4.69) is 15.6 Å². The lowest BCUT2D eigenvalue weighted by Gasteiger charge is -2.14. The van der Waals surface area contributed by atoms with E-state index in [1.165, 1.54) is 18.3 Å². The van der Waals surface area contributed by atoms with Crippen LogP contribution in [0.5, 0.6) is 0 Å². The zero-order valence-electron chi connectivity index (χ0n) is 19.7. The number of hydrogen-bond donors (Lipinski definition) is 2. The molecule has 2 amide bonds. The number of pyridine rings is 1. The van der Waals surface area contributed by atoms with Gasteiger partial charge in [-0.3, -0.25) is 14.4 Å². The van der Waals surface area contributed by atoms with Gasteiger partial charge in [0.05, 0.1) is 16.7 Å². The average molecular weight is 497 g/mol. The van der Waals surface area contributed by atoms with Gasteiger partial charge in [-0.1, -0.05) is 48.5 Å². The van der Waals surface area contributed by atoms with Crippen molar-refractivity contribution in [1.29, 1.82) is 0 Å². The number of amides is 2. The Hall–Kier alpha value is -4.30. The van der Waals surface area contributed by atoms with Gasteiger partial charge < -0.3 is 15.2 Å². The summed E-state index contributed by atoms with van der Waals surface area (Å²) in [5.74, 6) is -0.256. The van der Waals surface area contributed by atoms with Crippen molar-refractivity contribution in [3.63, 3.8) is 0 Å². The number of nitrogens with zero attached hydrogens (tertiary/aromatic N) is 2. The molecular formula is C28H24N4O3S. The van der Waals surface area contributed by atoms with Crippen LogP contribution in [0.3, 0.4) is 0 Å². The highest BCUT2D eigenvalue weighted by Crippen LogP contribution is 2.26. The largest absolute Gasteiger partial charge is 0.356 e. The number of fused-ring (bicyclic) bond motifs is 2. The SMILES string of the molecule is CC(=O)NCCc1ccc(-c2csc(NC(=O)Cn3c4ccccc4c(=O)c4ccccc43)n2)cc1. The van der Waals surface area contributed by atoms with Gasteiger partial charge in [-0.05, 0) is 36.2 Å². The first-order valence-electron chi connectivity index (χ1n) is 11.6. The number of anilines is 1. The van der Waals surface area contributed by atoms with Crippen molar-refractivity contribution in [1.82, 2.24) is 14.9 Å². The number of thiazole rings is 1. The van der Waals surface area contributed by atoms with E-state index in [1.807, 2.05) is 70.6 Å². The number of nitrogens with one attached hydrogen (secondary N) is 2. The minimum absolute atomic E-state index is 0.0362. The smallest absolute Gasteiger partial charge is 0.246 e. The fraction of sp³-hybridized carbons (Fsp3) is 0.143. The first-order chi connectivity index (χ1) is 17.5. The molecule has 0 aliphatic heterocycles. The molecule has 8 heteroatoms. The fourth-order valence-electron chi connectivity index (χ4n) is 4.24. The Morgan fingerprint density at radius 1 is 0.917 bits per heavy atom. The molecule has 5 aromatic rings. The van der Waals surface area contributed by atoms with Crippen molar-refractivity contribution in [2.45, 2.75) is 19.9 Å². The first-order valence-corrected chi connectivity index (χ1v) is 12.5. The summed E-state index contributed by atoms with van der Waals surface area (Å²) in [4.78, 5) is 41.5. The molecule has 0 aliphatic carbocycles. The van der Waals surface area contributed by atoms with Crippen LogP contribution in [0.1, 0.15) is 12.5 Å². The van der Waals surface area contributed by atoms with Crippen molar-refractivity contribution in [2.75, 3.05) is 11.9 Å². The van der Waals surface area contributed by atoms with Crippen LogP contribution in [-0.4, -0.2) is 27.9 Å². The monoisotopic (exact) mass is 496 g/mol. The standard InChI is InChI=1S/C28H24N4O3S/c1-18(33)29-15-14-19-10-12-20(13-11-19)23-17-36-28(30-23)31-26(34)16-32-24-8-4-2-6-21(24)27(35)22-7-3-5-9-25(22)32/h2-13,17H,14-16H2,1H3,(H,29,33)(H,30,31,34). The molecule has 2 N–H and O–H groups in total. The van der Waals surface area contributed by atoms with Crippen LogP contribution < -0.4 is 16.1 Å². The summed E-state index contributed by atoms with van der Waals surface area (Å²) in [6, 6.07) is 22.7. The van der Waals surface area contributed by atoms with Crippen LogP contribution in [0.15, 0.2) is 83.0 Å². The second-order valence-electron chi connectivity index (χ2n) is 8.47. The zero-order chi connectivity index (χ0) is 25.1. The number of benzene rings is 3. The van der Waals surface area contributed by atoms with Crippen LogP contribution >= 0.6 is 11.3 Å². The summed E-state index contributed by atoms with van der Waals surface area (Å²) in [7, 11) is 0. The van der Waals surface area contributed by atoms with E-state index in [0.717, 1.165) is 34.3 Å². The predicted octanol–water partition coefficient (Wildman–Crippen LogP) is 4.60. The summed E-state index contributed by atoms with van der Waals surface area (Å²) in [6.45, 7) is 2.16. The molecule has 0 fully saturated rings. The summed E-state index contributed by atoms with van der Waals surface area (Å²) < 4.78 is 1.87. The van der Waals surface area contributed by atoms with E-state index in [4.69, 9.17) is 0 Å². The van der Waals surface area contributed by atoms with E-state index in [1.54, 1.807) is 12.1 Å². The third-order valence-corrected chi connectivity index (χ3v) is 6.73. The number of hydrogen-bond acceptors (Lipinski definition) is 5. The maximum atomic E-state index is 13.0. The summed E-state index contributed by atoms with van der Waals surface area (Å²) >= 11 is 1.36. The van der Waals surface area contributed by atoms with Gasteiger partial charge >= 0.3 is 0 Å². The molecule has 2 heterocycles. The van der Waals surface area contributed by atoms with Crippen LogP contribution in [-0.2, 0) is 22.6 Å². The molecule has 0 saturated carbocycles. The van der Waals surface area contributed by atoms with E-state index < -0.39 is 0 Å². The lowest BCUT2D eigenvalue weighted by molar-refractivity contribution is -0.119. The van der Waals surface area contributed by atoms with Gasteiger partial charge in [0.15, 0.2) is 10.6 Å². The highest BCUT2D eigenvalue weighted by molar-refractivity contribution is 7.14. The molecule has 0 unspecified atom stereocenters. The molecule has 3 aromatic carbocycles. The molecular weight excluding hydrogens is 472 g/mol. The zero-order valence-corrected chi connectivity index (χ0v) is 20.5. The quantitative estimate of drug-likeness (QED) is 0.322. The molecule has 36 heavy (non-hydrogen) atoms. The Balaban J connectivity index is 1.33. The molecule has 5 rings (SSSR count). The maximum Gasteiger partial charge on any atom is 0.246 e. The number of carbonyl (C=O) groups is 2. The third kappa shape index (κ3) is 4.89. The number of aromatic nitrogens is 2. The molecule has 0 bridgehead atoms. The molecule has 0 atom stereocenters. The Bertz CT molecular complexity index is 1580. The Morgan fingerprint density at radius 2 is 1.56 bits per heavy atom. The normalized spacial score (nSPS) is 11.0. The second-order valence-corrected chi connectivity index (χ2v) is 9.32. The fourth-order valence-corrected chi connectivity index (χ4v) is 4.97. The van der Waals surface area contributed by atoms with Crippen LogP contribution in [0.25, 0.3) is 33.1 Å². The van der Waals surface area contributed by atoms with Gasteiger partial charge in [-0.2, -0.15) is 0 Å². The van der Waals surface area contributed by atoms with Gasteiger partial charge in [0.1, 0.15) is 6.54 Å². The topological polar surface area (TPSA) is 93.1 Å². The van der Waals surface area contributed by atoms with Gasteiger partial charge in [0.25, 0.3) is 0 Å². The molecule has 2 aromatic heterocycles. The average Bonchev–Trinajstić information content (AvgIpc) is 3.35. The summed E-state index contributed by atoms with van der Waals surface area (Å²) in [6.07, 6.45) is 0.757. The molecule has 0 aliphatic rings. The lowest BCUT2D eigenvalue weighted by Crippen LogP contribution is -2.22. The number of rotatable bonds is 7. The predicted molar refractivity (Wildman–Crippen MR) is 144 cm³/mol. The van der Waals surface area contributed by atoms with Crippen molar-refractivity contribution in [2.24, 2.45) is 0 Å². The van der Waals surface area contributed by atoms with E-state index >= 15 is 0 Å². The van der Waals surface area contributed by atoms with Gasteiger partial charge in [-0.15, -0.1) is 11.3 Å². The van der Waals surface area contributed by atoms with Crippen molar-refractivity contribution in [3.05, 3.63) is 94.0 Å². The summed E-state index contributed by atoms with van der Waals surface area (Å²) in [5, 5.41) is 9.29.